The first-order valence-electron chi connectivity index (χ1n) is 9.59. The van der Waals surface area contributed by atoms with Crippen molar-refractivity contribution in [3.05, 3.63) is 96.3 Å². The largest absolute Gasteiger partial charge is 0.264 e. The number of nitrogens with one attached hydrogen (secondary N) is 1. The van der Waals surface area contributed by atoms with E-state index >= 15 is 0 Å². The van der Waals surface area contributed by atoms with Gasteiger partial charge < -0.3 is 0 Å². The third kappa shape index (κ3) is 5.98. The van der Waals surface area contributed by atoms with Crippen LogP contribution in [0, 0.1) is 0 Å². The van der Waals surface area contributed by atoms with Crippen LogP contribution in [0.4, 0.5) is 0 Å². The minimum absolute atomic E-state index is 0.0764. The molecular weight excluding hydrogens is 420 g/mol. The van der Waals surface area contributed by atoms with Gasteiger partial charge in [0.2, 0.25) is 10.0 Å². The van der Waals surface area contributed by atoms with Gasteiger partial charge >= 0.3 is 0 Å². The number of aryl methyl sites for hydroxylation is 1. The Morgan fingerprint density at radius 1 is 0.833 bits per heavy atom. The summed E-state index contributed by atoms with van der Waals surface area (Å²) >= 11 is 0. The van der Waals surface area contributed by atoms with Crippen molar-refractivity contribution < 1.29 is 16.8 Å². The molecule has 1 N–H and O–H groups in total. The summed E-state index contributed by atoms with van der Waals surface area (Å²) in [6.07, 6.45) is 4.08. The minimum Gasteiger partial charge on any atom is -0.264 e. The molecule has 0 aliphatic carbocycles. The molecule has 30 heavy (non-hydrogen) atoms. The van der Waals surface area contributed by atoms with Crippen molar-refractivity contribution in [2.45, 2.75) is 23.0 Å². The summed E-state index contributed by atoms with van der Waals surface area (Å²) in [7, 11) is -7.44. The fourth-order valence-corrected chi connectivity index (χ4v) is 5.99. The maximum Gasteiger partial charge on any atom is 0.211 e. The van der Waals surface area contributed by atoms with Crippen molar-refractivity contribution >= 4 is 19.9 Å². The van der Waals surface area contributed by atoms with Gasteiger partial charge in [-0.1, -0.05) is 54.6 Å². The molecule has 0 fully saturated rings. The second-order valence-electron chi connectivity index (χ2n) is 6.89. The van der Waals surface area contributed by atoms with E-state index in [2.05, 4.69) is 9.71 Å². The zero-order chi connectivity index (χ0) is 21.5. The third-order valence-electron chi connectivity index (χ3n) is 4.71. The molecule has 8 heteroatoms. The van der Waals surface area contributed by atoms with Gasteiger partial charge in [-0.15, -0.1) is 0 Å². The maximum atomic E-state index is 13.2. The van der Waals surface area contributed by atoms with Crippen LogP contribution in [0.3, 0.4) is 0 Å². The molecule has 0 bridgehead atoms. The number of aromatic nitrogens is 1. The van der Waals surface area contributed by atoms with Crippen LogP contribution in [0.25, 0.3) is 0 Å². The summed E-state index contributed by atoms with van der Waals surface area (Å²) in [5.41, 5.74) is 1.50. The van der Waals surface area contributed by atoms with Gasteiger partial charge in [-0.3, -0.25) is 4.98 Å². The molecule has 0 saturated heterocycles. The molecule has 1 atom stereocenters. The summed E-state index contributed by atoms with van der Waals surface area (Å²) in [6, 6.07) is 20.9. The molecule has 6 nitrogen and oxygen atoms in total. The standard InChI is InChI=1S/C22H24N2O4S2/c25-29(26,16-8-11-19-9-3-1-4-10-19)24-18-22(20-12-7-15-23-17-20)30(27,28)21-13-5-2-6-14-21/h1-7,9-10,12-15,17,22,24H,8,11,16,18H2. The van der Waals surface area contributed by atoms with E-state index in [1.165, 1.54) is 18.3 Å². The molecule has 0 amide bonds. The number of hydrogen-bond acceptors (Lipinski definition) is 5. The highest BCUT2D eigenvalue weighted by Gasteiger charge is 2.30. The van der Waals surface area contributed by atoms with E-state index in [0.717, 1.165) is 5.56 Å². The average molecular weight is 445 g/mol. The quantitative estimate of drug-likeness (QED) is 0.519. The molecule has 158 valence electrons. The van der Waals surface area contributed by atoms with Crippen LogP contribution >= 0.6 is 0 Å². The molecule has 0 radical (unpaired) electrons. The van der Waals surface area contributed by atoms with Crippen molar-refractivity contribution in [3.8, 4) is 0 Å². The van der Waals surface area contributed by atoms with Gasteiger partial charge in [-0.25, -0.2) is 21.6 Å². The lowest BCUT2D eigenvalue weighted by Crippen LogP contribution is -2.33. The predicted octanol–water partition coefficient (Wildman–Crippen LogP) is 3.15. The summed E-state index contributed by atoms with van der Waals surface area (Å²) < 4.78 is 53.9. The molecule has 3 aromatic rings. The van der Waals surface area contributed by atoms with Gasteiger partial charge in [0.25, 0.3) is 0 Å². The lowest BCUT2D eigenvalue weighted by molar-refractivity contribution is 0.567. The van der Waals surface area contributed by atoms with Crippen LogP contribution in [-0.4, -0.2) is 34.1 Å². The van der Waals surface area contributed by atoms with Gasteiger partial charge in [0.05, 0.1) is 10.6 Å². The Balaban J connectivity index is 1.72. The van der Waals surface area contributed by atoms with E-state index in [-0.39, 0.29) is 17.2 Å². The number of sulfonamides is 1. The summed E-state index contributed by atoms with van der Waals surface area (Å²) in [5, 5.41) is -1.07. The highest BCUT2D eigenvalue weighted by Crippen LogP contribution is 2.28. The van der Waals surface area contributed by atoms with Gasteiger partial charge in [-0.05, 0) is 42.2 Å². The maximum absolute atomic E-state index is 13.2. The van der Waals surface area contributed by atoms with Crippen molar-refractivity contribution in [1.29, 1.82) is 0 Å². The first-order valence-corrected chi connectivity index (χ1v) is 12.8. The third-order valence-corrected chi connectivity index (χ3v) is 8.26. The summed E-state index contributed by atoms with van der Waals surface area (Å²) in [5.74, 6) is -0.0764. The van der Waals surface area contributed by atoms with Crippen LogP contribution in [0.2, 0.25) is 0 Å². The van der Waals surface area contributed by atoms with Crippen molar-refractivity contribution in [3.63, 3.8) is 0 Å². The smallest absolute Gasteiger partial charge is 0.211 e. The molecule has 1 unspecified atom stereocenters. The van der Waals surface area contributed by atoms with Crippen LogP contribution in [-0.2, 0) is 26.3 Å². The molecule has 1 aromatic heterocycles. The predicted molar refractivity (Wildman–Crippen MR) is 117 cm³/mol. The van der Waals surface area contributed by atoms with Crippen LogP contribution in [0.15, 0.2) is 90.1 Å². The molecule has 0 spiro atoms. The Hall–Kier alpha value is -2.55. The molecule has 0 saturated carbocycles. The average Bonchev–Trinajstić information content (AvgIpc) is 2.76. The molecule has 0 aliphatic heterocycles. The van der Waals surface area contributed by atoms with E-state index in [0.29, 0.717) is 18.4 Å². The van der Waals surface area contributed by atoms with Crippen LogP contribution in [0.5, 0.6) is 0 Å². The molecule has 2 aromatic carbocycles. The summed E-state index contributed by atoms with van der Waals surface area (Å²) in [4.78, 5) is 4.14. The Morgan fingerprint density at radius 2 is 1.50 bits per heavy atom. The fraction of sp³-hybridized carbons (Fsp3) is 0.227. The van der Waals surface area contributed by atoms with Gasteiger partial charge in [0, 0.05) is 18.9 Å². The normalized spacial score (nSPS) is 13.1. The minimum atomic E-state index is -3.81. The lowest BCUT2D eigenvalue weighted by Gasteiger charge is -2.19. The Morgan fingerprint density at radius 3 is 2.13 bits per heavy atom. The zero-order valence-corrected chi connectivity index (χ0v) is 18.0. The lowest BCUT2D eigenvalue weighted by atomic mass is 10.1. The zero-order valence-electron chi connectivity index (χ0n) is 16.4. The van der Waals surface area contributed by atoms with Crippen molar-refractivity contribution in [1.82, 2.24) is 9.71 Å². The number of pyridine rings is 1. The number of benzene rings is 2. The molecule has 0 aliphatic rings. The molecular formula is C22H24N2O4S2. The Labute approximate surface area is 178 Å². The van der Waals surface area contributed by atoms with E-state index in [1.54, 1.807) is 36.5 Å². The highest BCUT2D eigenvalue weighted by molar-refractivity contribution is 7.92. The van der Waals surface area contributed by atoms with Crippen LogP contribution < -0.4 is 4.72 Å². The van der Waals surface area contributed by atoms with Gasteiger partial charge in [0.1, 0.15) is 5.25 Å². The Kier molecular flexibility index (Phi) is 7.36. The number of rotatable bonds is 10. The van der Waals surface area contributed by atoms with Crippen LogP contribution in [0.1, 0.15) is 22.8 Å². The topological polar surface area (TPSA) is 93.2 Å². The van der Waals surface area contributed by atoms with E-state index < -0.39 is 25.1 Å². The monoisotopic (exact) mass is 444 g/mol. The number of hydrogen-bond donors (Lipinski definition) is 1. The van der Waals surface area contributed by atoms with E-state index in [9.17, 15) is 16.8 Å². The number of sulfone groups is 1. The van der Waals surface area contributed by atoms with Crippen molar-refractivity contribution in [2.75, 3.05) is 12.3 Å². The first kappa shape index (κ1) is 22.1. The molecule has 1 heterocycles. The second kappa shape index (κ2) is 9.97. The second-order valence-corrected chi connectivity index (χ2v) is 10.9. The van der Waals surface area contributed by atoms with E-state index in [4.69, 9.17) is 0 Å². The van der Waals surface area contributed by atoms with E-state index in [1.807, 2.05) is 30.3 Å². The SMILES string of the molecule is O=S(=O)(CCCc1ccccc1)NCC(c1cccnc1)S(=O)(=O)c1ccccc1. The molecule has 3 rings (SSSR count). The fourth-order valence-electron chi connectivity index (χ4n) is 3.13. The van der Waals surface area contributed by atoms with Gasteiger partial charge in [-0.2, -0.15) is 0 Å². The van der Waals surface area contributed by atoms with Crippen molar-refractivity contribution in [2.24, 2.45) is 0 Å². The first-order chi connectivity index (χ1) is 14.4. The van der Waals surface area contributed by atoms with Gasteiger partial charge in [0.15, 0.2) is 9.84 Å². The highest BCUT2D eigenvalue weighted by atomic mass is 32.2. The summed E-state index contributed by atoms with van der Waals surface area (Å²) in [6.45, 7) is -0.253. The Bertz CT molecular complexity index is 1140. The number of nitrogens with zero attached hydrogens (tertiary/aromatic N) is 1.